The third-order valence-electron chi connectivity index (χ3n) is 4.30. The number of ether oxygens (including phenoxy) is 2. The number of pyridine rings is 1. The Hall–Kier alpha value is -2.23. The number of nitrogens with zero attached hydrogens (tertiary/aromatic N) is 3. The Labute approximate surface area is 190 Å². The summed E-state index contributed by atoms with van der Waals surface area (Å²) in [6, 6.07) is 11.7. The lowest BCUT2D eigenvalue weighted by Crippen LogP contribution is -2.38. The zero-order valence-electron chi connectivity index (χ0n) is 17.6. The van der Waals surface area contributed by atoms with Gasteiger partial charge in [-0.15, -0.1) is 24.0 Å². The van der Waals surface area contributed by atoms with Crippen LogP contribution in [0.25, 0.3) is 0 Å². The van der Waals surface area contributed by atoms with E-state index in [4.69, 9.17) is 9.47 Å². The molecule has 0 aliphatic rings. The first-order valence-corrected chi connectivity index (χ1v) is 9.61. The summed E-state index contributed by atoms with van der Waals surface area (Å²) in [5.74, 6) is 3.36. The van der Waals surface area contributed by atoms with Crippen molar-refractivity contribution in [1.29, 1.82) is 0 Å². The normalized spacial score (nSPS) is 10.7. The quantitative estimate of drug-likeness (QED) is 0.220. The van der Waals surface area contributed by atoms with Gasteiger partial charge < -0.3 is 25.0 Å². The van der Waals surface area contributed by atoms with E-state index in [2.05, 4.69) is 51.5 Å². The van der Waals surface area contributed by atoms with E-state index in [1.807, 2.05) is 30.5 Å². The molecule has 0 atom stereocenters. The minimum Gasteiger partial charge on any atom is -0.497 e. The van der Waals surface area contributed by atoms with Crippen molar-refractivity contribution in [2.24, 2.45) is 4.99 Å². The van der Waals surface area contributed by atoms with E-state index in [0.717, 1.165) is 41.9 Å². The van der Waals surface area contributed by atoms with E-state index < -0.39 is 0 Å². The van der Waals surface area contributed by atoms with E-state index in [1.54, 1.807) is 14.2 Å². The number of anilines is 1. The van der Waals surface area contributed by atoms with Crippen LogP contribution < -0.4 is 25.0 Å². The van der Waals surface area contributed by atoms with Crippen molar-refractivity contribution >= 4 is 35.8 Å². The Balaban J connectivity index is 0.00000420. The molecule has 0 saturated heterocycles. The third kappa shape index (κ3) is 8.35. The van der Waals surface area contributed by atoms with Crippen molar-refractivity contribution in [2.75, 3.05) is 45.3 Å². The summed E-state index contributed by atoms with van der Waals surface area (Å²) in [6.45, 7) is 8.01. The second-order valence-electron chi connectivity index (χ2n) is 6.07. The Bertz CT molecular complexity index is 719. The predicted molar refractivity (Wildman–Crippen MR) is 130 cm³/mol. The number of aromatic nitrogens is 1. The summed E-state index contributed by atoms with van der Waals surface area (Å²) in [6.07, 6.45) is 1.90. The molecule has 0 aliphatic heterocycles. The summed E-state index contributed by atoms with van der Waals surface area (Å²) < 4.78 is 10.8. The second-order valence-corrected chi connectivity index (χ2v) is 6.07. The molecule has 2 N–H and O–H groups in total. The number of nitrogens with one attached hydrogen (secondary N) is 2. The monoisotopic (exact) mass is 513 g/mol. The van der Waals surface area contributed by atoms with Crippen molar-refractivity contribution < 1.29 is 9.47 Å². The maximum atomic E-state index is 5.70. The molecule has 7 nitrogen and oxygen atoms in total. The van der Waals surface area contributed by atoms with Gasteiger partial charge in [-0.3, -0.25) is 4.99 Å². The van der Waals surface area contributed by atoms with Crippen LogP contribution in [0.1, 0.15) is 19.4 Å². The smallest absolute Gasteiger partial charge is 0.191 e. The zero-order chi connectivity index (χ0) is 20.2. The highest BCUT2D eigenvalue weighted by molar-refractivity contribution is 14.0. The topological polar surface area (TPSA) is 71.0 Å². The number of guanidine groups is 1. The number of rotatable bonds is 10. The minimum absolute atomic E-state index is 0. The van der Waals surface area contributed by atoms with Crippen LogP contribution in [0.2, 0.25) is 0 Å². The molecule has 2 rings (SSSR count). The molecular weight excluding hydrogens is 481 g/mol. The van der Waals surface area contributed by atoms with Gasteiger partial charge in [0.25, 0.3) is 0 Å². The Morgan fingerprint density at radius 3 is 2.28 bits per heavy atom. The maximum Gasteiger partial charge on any atom is 0.191 e. The average Bonchev–Trinajstić information content (AvgIpc) is 2.75. The zero-order valence-corrected chi connectivity index (χ0v) is 20.0. The molecule has 0 radical (unpaired) electrons. The summed E-state index contributed by atoms with van der Waals surface area (Å²) in [7, 11) is 3.40. The SMILES string of the molecule is CCN(CC)c1ccc(CNC(=NC)NCCOc2ccc(OC)cc2)cn1.I. The molecule has 1 aromatic carbocycles. The van der Waals surface area contributed by atoms with Crippen molar-refractivity contribution in [3.8, 4) is 11.5 Å². The van der Waals surface area contributed by atoms with E-state index in [1.165, 1.54) is 0 Å². The van der Waals surface area contributed by atoms with Crippen LogP contribution in [-0.4, -0.2) is 51.3 Å². The lowest BCUT2D eigenvalue weighted by molar-refractivity contribution is 0.321. The highest BCUT2D eigenvalue weighted by Gasteiger charge is 2.04. The summed E-state index contributed by atoms with van der Waals surface area (Å²) in [5.41, 5.74) is 1.10. The molecule has 0 fully saturated rings. The summed E-state index contributed by atoms with van der Waals surface area (Å²) in [4.78, 5) is 11.0. The molecule has 8 heteroatoms. The van der Waals surface area contributed by atoms with Crippen LogP contribution in [0, 0.1) is 0 Å². The van der Waals surface area contributed by atoms with Crippen LogP contribution in [0.5, 0.6) is 11.5 Å². The van der Waals surface area contributed by atoms with Crippen molar-refractivity contribution in [2.45, 2.75) is 20.4 Å². The number of hydrogen-bond donors (Lipinski definition) is 2. The second kappa shape index (κ2) is 13.9. The van der Waals surface area contributed by atoms with Gasteiger partial charge in [-0.1, -0.05) is 6.07 Å². The highest BCUT2D eigenvalue weighted by Crippen LogP contribution is 2.16. The Morgan fingerprint density at radius 2 is 1.72 bits per heavy atom. The largest absolute Gasteiger partial charge is 0.497 e. The molecule has 0 aliphatic carbocycles. The molecule has 1 heterocycles. The molecule has 160 valence electrons. The molecule has 29 heavy (non-hydrogen) atoms. The summed E-state index contributed by atoms with van der Waals surface area (Å²) >= 11 is 0. The van der Waals surface area contributed by atoms with Crippen molar-refractivity contribution in [3.63, 3.8) is 0 Å². The van der Waals surface area contributed by atoms with Gasteiger partial charge in [-0.2, -0.15) is 0 Å². The number of methoxy groups -OCH3 is 1. The van der Waals surface area contributed by atoms with Crippen LogP contribution in [0.3, 0.4) is 0 Å². The number of halogens is 1. The molecule has 0 spiro atoms. The minimum atomic E-state index is 0. The summed E-state index contributed by atoms with van der Waals surface area (Å²) in [5, 5.41) is 6.53. The molecule has 0 unspecified atom stereocenters. The highest BCUT2D eigenvalue weighted by atomic mass is 127. The predicted octanol–water partition coefficient (Wildman–Crippen LogP) is 3.30. The number of hydrogen-bond acceptors (Lipinski definition) is 5. The molecule has 0 saturated carbocycles. The van der Waals surface area contributed by atoms with Gasteiger partial charge in [0.05, 0.1) is 13.7 Å². The van der Waals surface area contributed by atoms with Gasteiger partial charge in [0.1, 0.15) is 23.9 Å². The van der Waals surface area contributed by atoms with Crippen molar-refractivity contribution in [1.82, 2.24) is 15.6 Å². The van der Waals surface area contributed by atoms with Crippen LogP contribution >= 0.6 is 24.0 Å². The van der Waals surface area contributed by atoms with Gasteiger partial charge >= 0.3 is 0 Å². The Morgan fingerprint density at radius 1 is 1.03 bits per heavy atom. The van der Waals surface area contributed by atoms with Gasteiger partial charge in [0.15, 0.2) is 5.96 Å². The fourth-order valence-corrected chi connectivity index (χ4v) is 2.67. The first-order chi connectivity index (χ1) is 13.7. The van der Waals surface area contributed by atoms with Gasteiger partial charge in [0, 0.05) is 32.9 Å². The van der Waals surface area contributed by atoms with Crippen molar-refractivity contribution in [3.05, 3.63) is 48.2 Å². The van der Waals surface area contributed by atoms with E-state index in [-0.39, 0.29) is 24.0 Å². The van der Waals surface area contributed by atoms with E-state index in [0.29, 0.717) is 19.7 Å². The lowest BCUT2D eigenvalue weighted by Gasteiger charge is -2.19. The molecule has 1 aromatic heterocycles. The first-order valence-electron chi connectivity index (χ1n) is 9.61. The molecule has 2 aromatic rings. The fraction of sp³-hybridized carbons (Fsp3) is 0.429. The number of aliphatic imine (C=N–C) groups is 1. The molecule has 0 bridgehead atoms. The van der Waals surface area contributed by atoms with Gasteiger partial charge in [0.2, 0.25) is 0 Å². The fourth-order valence-electron chi connectivity index (χ4n) is 2.67. The maximum absolute atomic E-state index is 5.70. The standard InChI is InChI=1S/C21H31N5O2.HI/c1-5-26(6-2)20-12-7-17(15-24-20)16-25-21(22-3)23-13-14-28-19-10-8-18(27-4)9-11-19;/h7-12,15H,5-6,13-14,16H2,1-4H3,(H2,22,23,25);1H. The Kier molecular flexibility index (Phi) is 11.9. The van der Waals surface area contributed by atoms with Crippen LogP contribution in [-0.2, 0) is 6.54 Å². The average molecular weight is 513 g/mol. The van der Waals surface area contributed by atoms with E-state index in [9.17, 15) is 0 Å². The third-order valence-corrected chi connectivity index (χ3v) is 4.30. The van der Waals surface area contributed by atoms with E-state index >= 15 is 0 Å². The lowest BCUT2D eigenvalue weighted by atomic mass is 10.2. The molecular formula is C21H32IN5O2. The van der Waals surface area contributed by atoms with Gasteiger partial charge in [-0.25, -0.2) is 4.98 Å². The molecule has 0 amide bonds. The van der Waals surface area contributed by atoms with Crippen LogP contribution in [0.15, 0.2) is 47.6 Å². The number of benzene rings is 1. The van der Waals surface area contributed by atoms with Gasteiger partial charge in [-0.05, 0) is 49.7 Å². The van der Waals surface area contributed by atoms with Crippen LogP contribution in [0.4, 0.5) is 5.82 Å². The first kappa shape index (κ1) is 24.8.